The van der Waals surface area contributed by atoms with E-state index in [-0.39, 0.29) is 17.8 Å². The zero-order valence-electron chi connectivity index (χ0n) is 12.9. The third-order valence-electron chi connectivity index (χ3n) is 3.64. The van der Waals surface area contributed by atoms with E-state index in [9.17, 15) is 9.18 Å². The molecule has 1 fully saturated rings. The van der Waals surface area contributed by atoms with Crippen LogP contribution >= 0.6 is 11.8 Å². The fourth-order valence-corrected chi connectivity index (χ4v) is 3.52. The highest BCUT2D eigenvalue weighted by atomic mass is 32.2. The van der Waals surface area contributed by atoms with Crippen molar-refractivity contribution in [2.24, 2.45) is 0 Å². The Morgan fingerprint density at radius 3 is 3.13 bits per heavy atom. The van der Waals surface area contributed by atoms with Crippen LogP contribution in [0.15, 0.2) is 30.3 Å². The number of thioether (sulfide) groups is 1. The van der Waals surface area contributed by atoms with Crippen LogP contribution in [0.25, 0.3) is 5.69 Å². The van der Waals surface area contributed by atoms with Crippen molar-refractivity contribution in [3.63, 3.8) is 0 Å². The Labute approximate surface area is 138 Å². The maximum Gasteiger partial charge on any atom is 0.227 e. The number of halogens is 1. The number of nitrogens with one attached hydrogen (secondary N) is 2. The van der Waals surface area contributed by atoms with Crippen molar-refractivity contribution in [2.75, 3.05) is 23.4 Å². The first-order valence-corrected chi connectivity index (χ1v) is 8.71. The molecule has 1 saturated heterocycles. The number of hydrogen-bond acceptors (Lipinski definition) is 4. The van der Waals surface area contributed by atoms with Crippen LogP contribution in [0.1, 0.15) is 12.1 Å². The molecular weight excluding hydrogens is 315 g/mol. The molecule has 1 aromatic carbocycles. The average molecular weight is 334 g/mol. The summed E-state index contributed by atoms with van der Waals surface area (Å²) in [4.78, 5) is 12.1. The van der Waals surface area contributed by atoms with Gasteiger partial charge in [0.05, 0.1) is 5.69 Å². The number of hydrogen-bond donors (Lipinski definition) is 2. The minimum Gasteiger partial charge on any atom is -0.312 e. The molecule has 1 unspecified atom stereocenters. The standard InChI is InChI=1S/C16H19FN4OS/c1-11-7-15(19-16(22)9-13-10-23-6-5-18-13)20-21(11)14-4-2-3-12(17)8-14/h2-4,7-8,13,18H,5-6,9-10H2,1H3,(H,19,20,22). The first-order valence-electron chi connectivity index (χ1n) is 7.55. The van der Waals surface area contributed by atoms with E-state index in [1.165, 1.54) is 12.1 Å². The van der Waals surface area contributed by atoms with E-state index >= 15 is 0 Å². The van der Waals surface area contributed by atoms with Crippen LogP contribution in [-0.2, 0) is 4.79 Å². The van der Waals surface area contributed by atoms with Gasteiger partial charge in [-0.15, -0.1) is 5.10 Å². The van der Waals surface area contributed by atoms with Crippen molar-refractivity contribution in [3.8, 4) is 5.69 Å². The number of amides is 1. The molecule has 2 heterocycles. The molecule has 0 aliphatic carbocycles. The number of nitrogens with zero attached hydrogens (tertiary/aromatic N) is 2. The summed E-state index contributed by atoms with van der Waals surface area (Å²) < 4.78 is 15.0. The molecule has 0 bridgehead atoms. The molecule has 122 valence electrons. The molecule has 1 aliphatic heterocycles. The highest BCUT2D eigenvalue weighted by Gasteiger charge is 2.17. The van der Waals surface area contributed by atoms with Gasteiger partial charge in [0.25, 0.3) is 0 Å². The zero-order valence-corrected chi connectivity index (χ0v) is 13.7. The fourth-order valence-electron chi connectivity index (χ4n) is 2.57. The van der Waals surface area contributed by atoms with Gasteiger partial charge in [-0.25, -0.2) is 9.07 Å². The molecule has 2 aromatic rings. The van der Waals surface area contributed by atoms with Gasteiger partial charge in [0.15, 0.2) is 5.82 Å². The summed E-state index contributed by atoms with van der Waals surface area (Å²) in [5, 5.41) is 10.5. The second kappa shape index (κ2) is 7.14. The highest BCUT2D eigenvalue weighted by molar-refractivity contribution is 7.99. The molecule has 0 radical (unpaired) electrons. The molecule has 5 nitrogen and oxygen atoms in total. The van der Waals surface area contributed by atoms with Crippen LogP contribution in [0, 0.1) is 12.7 Å². The van der Waals surface area contributed by atoms with E-state index in [1.54, 1.807) is 22.9 Å². The number of anilines is 1. The van der Waals surface area contributed by atoms with E-state index in [0.717, 1.165) is 23.7 Å². The van der Waals surface area contributed by atoms with Gasteiger partial charge in [0, 0.05) is 42.3 Å². The van der Waals surface area contributed by atoms with Gasteiger partial charge in [0.2, 0.25) is 5.91 Å². The van der Waals surface area contributed by atoms with E-state index in [2.05, 4.69) is 15.7 Å². The Morgan fingerprint density at radius 1 is 1.52 bits per heavy atom. The third kappa shape index (κ3) is 4.11. The van der Waals surface area contributed by atoms with Crippen LogP contribution in [0.2, 0.25) is 0 Å². The van der Waals surface area contributed by atoms with E-state index < -0.39 is 0 Å². The van der Waals surface area contributed by atoms with Gasteiger partial charge < -0.3 is 10.6 Å². The van der Waals surface area contributed by atoms with Crippen LogP contribution in [0.4, 0.5) is 10.2 Å². The lowest BCUT2D eigenvalue weighted by atomic mass is 10.2. The minimum atomic E-state index is -0.316. The van der Waals surface area contributed by atoms with E-state index in [1.807, 2.05) is 18.7 Å². The fraction of sp³-hybridized carbons (Fsp3) is 0.375. The summed E-state index contributed by atoms with van der Waals surface area (Å²) in [5.74, 6) is 2.15. The lowest BCUT2D eigenvalue weighted by Gasteiger charge is -2.22. The Hall–Kier alpha value is -1.86. The predicted molar refractivity (Wildman–Crippen MR) is 90.6 cm³/mol. The molecule has 1 aliphatic rings. The SMILES string of the molecule is Cc1cc(NC(=O)CC2CSCCN2)nn1-c1cccc(F)c1. The monoisotopic (exact) mass is 334 g/mol. The van der Waals surface area contributed by atoms with Crippen molar-refractivity contribution >= 4 is 23.5 Å². The lowest BCUT2D eigenvalue weighted by molar-refractivity contribution is -0.116. The molecule has 1 atom stereocenters. The summed E-state index contributed by atoms with van der Waals surface area (Å²) in [6, 6.07) is 8.20. The van der Waals surface area contributed by atoms with Crippen LogP contribution in [0.3, 0.4) is 0 Å². The number of benzene rings is 1. The average Bonchev–Trinajstić information content (AvgIpc) is 2.88. The van der Waals surface area contributed by atoms with Gasteiger partial charge in [0.1, 0.15) is 5.82 Å². The normalized spacial score (nSPS) is 17.9. The van der Waals surface area contributed by atoms with Crippen molar-refractivity contribution < 1.29 is 9.18 Å². The van der Waals surface area contributed by atoms with E-state index in [0.29, 0.717) is 17.9 Å². The molecule has 7 heteroatoms. The lowest BCUT2D eigenvalue weighted by Crippen LogP contribution is -2.39. The second-order valence-electron chi connectivity index (χ2n) is 5.54. The zero-order chi connectivity index (χ0) is 16.2. The number of aromatic nitrogens is 2. The second-order valence-corrected chi connectivity index (χ2v) is 6.69. The Kier molecular flexibility index (Phi) is 4.97. The summed E-state index contributed by atoms with van der Waals surface area (Å²) in [5.41, 5.74) is 1.46. The molecule has 1 amide bonds. The molecule has 23 heavy (non-hydrogen) atoms. The maximum absolute atomic E-state index is 13.3. The van der Waals surface area contributed by atoms with Gasteiger partial charge in [-0.05, 0) is 25.1 Å². The Morgan fingerprint density at radius 2 is 2.39 bits per heavy atom. The summed E-state index contributed by atoms with van der Waals surface area (Å²) >= 11 is 1.86. The largest absolute Gasteiger partial charge is 0.312 e. The van der Waals surface area contributed by atoms with E-state index in [4.69, 9.17) is 0 Å². The smallest absolute Gasteiger partial charge is 0.227 e. The molecule has 3 rings (SSSR count). The molecule has 0 spiro atoms. The Bertz CT molecular complexity index is 697. The Balaban J connectivity index is 1.67. The summed E-state index contributed by atoms with van der Waals surface area (Å²) in [6.45, 7) is 2.81. The number of rotatable bonds is 4. The molecule has 2 N–H and O–H groups in total. The van der Waals surface area contributed by atoms with Gasteiger partial charge in [-0.2, -0.15) is 11.8 Å². The van der Waals surface area contributed by atoms with Gasteiger partial charge >= 0.3 is 0 Å². The molecule has 1 aromatic heterocycles. The first-order chi connectivity index (χ1) is 11.1. The summed E-state index contributed by atoms with van der Waals surface area (Å²) in [7, 11) is 0. The van der Waals surface area contributed by atoms with Gasteiger partial charge in [-0.3, -0.25) is 4.79 Å². The number of carbonyl (C=O) groups excluding carboxylic acids is 1. The number of carbonyl (C=O) groups is 1. The van der Waals surface area contributed by atoms with Crippen LogP contribution in [-0.4, -0.2) is 39.8 Å². The highest BCUT2D eigenvalue weighted by Crippen LogP contribution is 2.17. The molecular formula is C16H19FN4OS. The van der Waals surface area contributed by atoms with Crippen LogP contribution < -0.4 is 10.6 Å². The number of aryl methyl sites for hydroxylation is 1. The topological polar surface area (TPSA) is 59.0 Å². The van der Waals surface area contributed by atoms with Crippen molar-refractivity contribution in [2.45, 2.75) is 19.4 Å². The van der Waals surface area contributed by atoms with Crippen molar-refractivity contribution in [3.05, 3.63) is 41.8 Å². The van der Waals surface area contributed by atoms with Crippen molar-refractivity contribution in [1.82, 2.24) is 15.1 Å². The quantitative estimate of drug-likeness (QED) is 0.901. The van der Waals surface area contributed by atoms with Gasteiger partial charge in [-0.1, -0.05) is 6.07 Å². The molecule has 0 saturated carbocycles. The third-order valence-corrected chi connectivity index (χ3v) is 4.77. The van der Waals surface area contributed by atoms with Crippen molar-refractivity contribution in [1.29, 1.82) is 0 Å². The predicted octanol–water partition coefficient (Wildman–Crippen LogP) is 2.35. The maximum atomic E-state index is 13.3. The minimum absolute atomic E-state index is 0.0612. The summed E-state index contributed by atoms with van der Waals surface area (Å²) in [6.07, 6.45) is 0.429. The first kappa shape index (κ1) is 16.0. The van der Waals surface area contributed by atoms with Crippen LogP contribution in [0.5, 0.6) is 0 Å².